The summed E-state index contributed by atoms with van der Waals surface area (Å²) in [4.78, 5) is 0. The largest absolute Gasteiger partial charge is 0.238 e. The lowest BCUT2D eigenvalue weighted by molar-refractivity contribution is 0.249. The molecular formula is C2H6NO3S. The van der Waals surface area contributed by atoms with Crippen LogP contribution in [0.25, 0.3) is 0 Å². The average Bonchev–Trinajstić information content (AvgIpc) is 1.68. The number of hydrogen-bond acceptors (Lipinski definition) is 2. The Morgan fingerprint density at radius 3 is 2.00 bits per heavy atom. The minimum Gasteiger partial charge on any atom is -0.218 e. The van der Waals surface area contributed by atoms with Crippen LogP contribution in [0.2, 0.25) is 0 Å². The van der Waals surface area contributed by atoms with Crippen molar-refractivity contribution in [1.29, 1.82) is 0 Å². The maximum absolute atomic E-state index is 9.94. The first-order valence-corrected chi connectivity index (χ1v) is 3.27. The first kappa shape index (κ1) is 6.87. The first-order chi connectivity index (χ1) is 3.12. The van der Waals surface area contributed by atoms with Crippen molar-refractivity contribution in [3.8, 4) is 0 Å². The maximum Gasteiger partial charge on any atom is 0.238 e. The quantitative estimate of drug-likeness (QED) is 0.509. The van der Waals surface area contributed by atoms with Gasteiger partial charge in [0.25, 0.3) is 0 Å². The van der Waals surface area contributed by atoms with Crippen molar-refractivity contribution in [3.63, 3.8) is 0 Å². The van der Waals surface area contributed by atoms with Crippen LogP contribution in [0.4, 0.5) is 0 Å². The Bertz CT molecular complexity index is 116. The average molecular weight is 124 g/mol. The molecule has 0 fully saturated rings. The summed E-state index contributed by atoms with van der Waals surface area (Å²) in [5.74, 6) is -1.09. The summed E-state index contributed by atoms with van der Waals surface area (Å²) < 4.78 is 21.7. The summed E-state index contributed by atoms with van der Waals surface area (Å²) in [5, 5.41) is 9.53. The lowest BCUT2D eigenvalue weighted by atomic mass is 11.6. The first-order valence-electron chi connectivity index (χ1n) is 1.61. The molecule has 0 spiro atoms. The standard InChI is InChI=1S/C2H6NO3S/c1-3-7(5,6)2-4/h3H,2H2,1H3. The zero-order chi connectivity index (χ0) is 5.91. The molecule has 0 amide bonds. The van der Waals surface area contributed by atoms with E-state index >= 15 is 0 Å². The summed E-state index contributed by atoms with van der Waals surface area (Å²) in [7, 11) is -2.26. The van der Waals surface area contributed by atoms with Crippen LogP contribution in [0.15, 0.2) is 0 Å². The van der Waals surface area contributed by atoms with Gasteiger partial charge in [0.1, 0.15) is 0 Å². The van der Waals surface area contributed by atoms with Crippen molar-refractivity contribution in [2.75, 3.05) is 13.0 Å². The van der Waals surface area contributed by atoms with Crippen molar-refractivity contribution < 1.29 is 13.5 Å². The van der Waals surface area contributed by atoms with Gasteiger partial charge in [0, 0.05) is 0 Å². The van der Waals surface area contributed by atoms with Gasteiger partial charge in [-0.3, -0.25) is 0 Å². The Kier molecular flexibility index (Phi) is 2.21. The SMILES string of the molecule is CNS(=O)(=O)C[O]. The highest BCUT2D eigenvalue weighted by molar-refractivity contribution is 7.89. The van der Waals surface area contributed by atoms with Crippen molar-refractivity contribution in [2.45, 2.75) is 0 Å². The molecule has 0 aromatic carbocycles. The number of sulfonamides is 1. The van der Waals surface area contributed by atoms with Gasteiger partial charge in [-0.2, -0.15) is 0 Å². The second-order valence-electron chi connectivity index (χ2n) is 0.937. The van der Waals surface area contributed by atoms with E-state index in [0.717, 1.165) is 0 Å². The van der Waals surface area contributed by atoms with E-state index in [1.807, 2.05) is 4.72 Å². The molecule has 0 aliphatic heterocycles. The van der Waals surface area contributed by atoms with Gasteiger partial charge in [0.15, 0.2) is 5.94 Å². The van der Waals surface area contributed by atoms with Crippen LogP contribution in [0.1, 0.15) is 0 Å². The van der Waals surface area contributed by atoms with E-state index in [2.05, 4.69) is 0 Å². The molecule has 0 aliphatic rings. The molecule has 0 atom stereocenters. The highest BCUT2D eigenvalue weighted by Crippen LogP contribution is 1.73. The Hall–Kier alpha value is -0.130. The molecule has 43 valence electrons. The molecule has 0 saturated carbocycles. The van der Waals surface area contributed by atoms with Crippen LogP contribution in [0, 0.1) is 0 Å². The predicted octanol–water partition coefficient (Wildman–Crippen LogP) is -1.08. The van der Waals surface area contributed by atoms with E-state index in [9.17, 15) is 13.5 Å². The van der Waals surface area contributed by atoms with E-state index in [1.165, 1.54) is 7.05 Å². The van der Waals surface area contributed by atoms with E-state index < -0.39 is 16.0 Å². The number of nitrogens with one attached hydrogen (secondary N) is 1. The van der Waals surface area contributed by atoms with Crippen LogP contribution >= 0.6 is 0 Å². The molecule has 0 aromatic rings. The fourth-order valence-corrected chi connectivity index (χ4v) is 0.177. The van der Waals surface area contributed by atoms with Crippen molar-refractivity contribution in [1.82, 2.24) is 4.72 Å². The normalized spacial score (nSPS) is 11.7. The van der Waals surface area contributed by atoms with Gasteiger partial charge in [-0.1, -0.05) is 0 Å². The van der Waals surface area contributed by atoms with Gasteiger partial charge in [0.2, 0.25) is 10.0 Å². The number of rotatable bonds is 2. The van der Waals surface area contributed by atoms with Gasteiger partial charge in [-0.05, 0) is 7.05 Å². The fraction of sp³-hybridized carbons (Fsp3) is 1.00. The maximum atomic E-state index is 9.94. The molecule has 0 aliphatic carbocycles. The summed E-state index contributed by atoms with van der Waals surface area (Å²) in [6.07, 6.45) is 0. The predicted molar refractivity (Wildman–Crippen MR) is 23.5 cm³/mol. The van der Waals surface area contributed by atoms with Gasteiger partial charge in [-0.25, -0.2) is 18.2 Å². The Balaban J connectivity index is 3.89. The summed E-state index contributed by atoms with van der Waals surface area (Å²) >= 11 is 0. The van der Waals surface area contributed by atoms with E-state index in [1.54, 1.807) is 0 Å². The molecular weight excluding hydrogens is 118 g/mol. The van der Waals surface area contributed by atoms with E-state index in [0.29, 0.717) is 0 Å². The van der Waals surface area contributed by atoms with Crippen LogP contribution in [0.3, 0.4) is 0 Å². The monoisotopic (exact) mass is 124 g/mol. The fourth-order valence-electron chi connectivity index (χ4n) is 0.0589. The van der Waals surface area contributed by atoms with E-state index in [4.69, 9.17) is 0 Å². The molecule has 0 heterocycles. The number of hydrogen-bond donors (Lipinski definition) is 1. The second-order valence-corrected chi connectivity index (χ2v) is 2.81. The van der Waals surface area contributed by atoms with Crippen LogP contribution < -0.4 is 4.72 Å². The zero-order valence-electron chi connectivity index (χ0n) is 3.84. The molecule has 4 nitrogen and oxygen atoms in total. The topological polar surface area (TPSA) is 66.1 Å². The zero-order valence-corrected chi connectivity index (χ0v) is 4.66. The third-order valence-electron chi connectivity index (χ3n) is 0.466. The molecule has 7 heavy (non-hydrogen) atoms. The Labute approximate surface area is 42.2 Å². The van der Waals surface area contributed by atoms with Gasteiger partial charge in [-0.15, -0.1) is 0 Å². The smallest absolute Gasteiger partial charge is 0.218 e. The summed E-state index contributed by atoms with van der Waals surface area (Å²) in [6, 6.07) is 0. The molecule has 1 radical (unpaired) electrons. The highest BCUT2D eigenvalue weighted by atomic mass is 32.2. The van der Waals surface area contributed by atoms with Crippen LogP contribution in [-0.4, -0.2) is 21.4 Å². The Morgan fingerprint density at radius 1 is 1.57 bits per heavy atom. The van der Waals surface area contributed by atoms with Gasteiger partial charge in [0.05, 0.1) is 0 Å². The van der Waals surface area contributed by atoms with Crippen molar-refractivity contribution in [2.24, 2.45) is 0 Å². The molecule has 0 unspecified atom stereocenters. The minimum absolute atomic E-state index is 1.09. The summed E-state index contributed by atoms with van der Waals surface area (Å²) in [6.45, 7) is 0. The molecule has 0 aromatic heterocycles. The third kappa shape index (κ3) is 2.55. The van der Waals surface area contributed by atoms with Gasteiger partial charge >= 0.3 is 0 Å². The molecule has 0 rings (SSSR count). The summed E-state index contributed by atoms with van der Waals surface area (Å²) in [5.41, 5.74) is 0. The van der Waals surface area contributed by atoms with Crippen molar-refractivity contribution >= 4 is 10.0 Å². The Morgan fingerprint density at radius 2 is 2.00 bits per heavy atom. The van der Waals surface area contributed by atoms with Crippen LogP contribution in [0.5, 0.6) is 0 Å². The van der Waals surface area contributed by atoms with Crippen LogP contribution in [-0.2, 0) is 15.1 Å². The lowest BCUT2D eigenvalue weighted by Gasteiger charge is -1.89. The molecule has 0 saturated heterocycles. The van der Waals surface area contributed by atoms with Gasteiger partial charge < -0.3 is 0 Å². The molecule has 0 bridgehead atoms. The second kappa shape index (κ2) is 2.25. The third-order valence-corrected chi connectivity index (χ3v) is 1.40. The lowest BCUT2D eigenvalue weighted by Crippen LogP contribution is -2.20. The molecule has 5 heteroatoms. The minimum atomic E-state index is -3.46. The van der Waals surface area contributed by atoms with E-state index in [-0.39, 0.29) is 0 Å². The van der Waals surface area contributed by atoms with Crippen molar-refractivity contribution in [3.05, 3.63) is 0 Å². The highest BCUT2D eigenvalue weighted by Gasteiger charge is 2.01. The molecule has 1 N–H and O–H groups in total.